The zero-order chi connectivity index (χ0) is 13.1. The third-order valence-electron chi connectivity index (χ3n) is 2.11. The summed E-state index contributed by atoms with van der Waals surface area (Å²) in [5.41, 5.74) is 5.50. The molecule has 0 aliphatic rings. The Bertz CT molecular complexity index is 539. The fourth-order valence-corrected chi connectivity index (χ4v) is 1.25. The minimum atomic E-state index is 0.0353. The molecule has 8 heteroatoms. The predicted molar refractivity (Wildman–Crippen MR) is 63.5 cm³/mol. The topological polar surface area (TPSA) is 101 Å². The molecule has 0 radical (unpaired) electrons. The number of hydrogen-bond acceptors (Lipinski definition) is 7. The summed E-state index contributed by atoms with van der Waals surface area (Å²) in [4.78, 5) is 11.5. The highest BCUT2D eigenvalue weighted by atomic mass is 16.5. The Morgan fingerprint density at radius 3 is 2.56 bits per heavy atom. The number of nitrogens with two attached hydrogens (primary N) is 1. The first-order valence-electron chi connectivity index (χ1n) is 5.36. The van der Waals surface area contributed by atoms with Gasteiger partial charge in [0.2, 0.25) is 5.95 Å². The van der Waals surface area contributed by atoms with Crippen molar-refractivity contribution < 1.29 is 9.47 Å². The number of anilines is 1. The van der Waals surface area contributed by atoms with Crippen LogP contribution in [-0.4, -0.2) is 31.8 Å². The van der Waals surface area contributed by atoms with Gasteiger partial charge in [-0.25, -0.2) is 0 Å². The molecule has 0 amide bonds. The largest absolute Gasteiger partial charge is 0.467 e. The Labute approximate surface area is 104 Å². The first-order valence-corrected chi connectivity index (χ1v) is 5.36. The van der Waals surface area contributed by atoms with Gasteiger partial charge in [-0.3, -0.25) is 4.68 Å². The maximum atomic E-state index is 5.50. The quantitative estimate of drug-likeness (QED) is 0.864. The van der Waals surface area contributed by atoms with Crippen LogP contribution in [0.15, 0.2) is 12.4 Å². The van der Waals surface area contributed by atoms with Gasteiger partial charge in [-0.05, 0) is 13.8 Å². The molecule has 2 aromatic rings. The van der Waals surface area contributed by atoms with Crippen LogP contribution in [0.2, 0.25) is 0 Å². The lowest BCUT2D eigenvalue weighted by Gasteiger charge is -2.04. The van der Waals surface area contributed by atoms with Crippen LogP contribution < -0.4 is 15.2 Å². The average Bonchev–Trinajstić information content (AvgIpc) is 2.76. The second kappa shape index (κ2) is 4.86. The summed E-state index contributed by atoms with van der Waals surface area (Å²) < 4.78 is 12.1. The van der Waals surface area contributed by atoms with Crippen LogP contribution in [0.1, 0.15) is 19.9 Å². The third-order valence-corrected chi connectivity index (χ3v) is 2.11. The number of rotatable bonds is 4. The summed E-state index contributed by atoms with van der Waals surface area (Å²) in [6.07, 6.45) is 3.32. The summed E-state index contributed by atoms with van der Waals surface area (Å²) in [6.45, 7) is 4.03. The summed E-state index contributed by atoms with van der Waals surface area (Å²) in [5.74, 6) is 0.560. The normalized spacial score (nSPS) is 10.7. The van der Waals surface area contributed by atoms with Gasteiger partial charge in [0.15, 0.2) is 5.75 Å². The van der Waals surface area contributed by atoms with E-state index in [0.717, 1.165) is 0 Å². The van der Waals surface area contributed by atoms with Crippen LogP contribution in [0.4, 0.5) is 5.95 Å². The van der Waals surface area contributed by atoms with Crippen molar-refractivity contribution in [3.05, 3.63) is 12.4 Å². The molecule has 0 unspecified atom stereocenters. The highest BCUT2D eigenvalue weighted by Gasteiger charge is 2.09. The number of nitrogens with zero attached hydrogens (tertiary/aromatic N) is 5. The van der Waals surface area contributed by atoms with Crippen molar-refractivity contribution in [2.24, 2.45) is 0 Å². The summed E-state index contributed by atoms with van der Waals surface area (Å²) in [7, 11) is 1.44. The van der Waals surface area contributed by atoms with Crippen LogP contribution in [0.3, 0.4) is 0 Å². The van der Waals surface area contributed by atoms with Crippen molar-refractivity contribution in [1.29, 1.82) is 0 Å². The van der Waals surface area contributed by atoms with E-state index in [1.807, 2.05) is 13.8 Å². The maximum Gasteiger partial charge on any atom is 0.330 e. The van der Waals surface area contributed by atoms with E-state index >= 15 is 0 Å². The molecule has 96 valence electrons. The van der Waals surface area contributed by atoms with Crippen LogP contribution in [0, 0.1) is 0 Å². The molecule has 0 spiro atoms. The van der Waals surface area contributed by atoms with Crippen LogP contribution in [-0.2, 0) is 0 Å². The van der Waals surface area contributed by atoms with Crippen LogP contribution in [0.5, 0.6) is 17.8 Å². The zero-order valence-electron chi connectivity index (χ0n) is 10.4. The standard InChI is InChI=1S/C10H14N6O2/c1-6(2)16-5-7(4-12-16)18-10-14-8(11)13-9(15-10)17-3/h4-6H,1-3H3,(H2,11,13,14,15). The lowest BCUT2D eigenvalue weighted by Crippen LogP contribution is -2.02. The van der Waals surface area contributed by atoms with Crippen LogP contribution >= 0.6 is 0 Å². The number of hydrogen-bond donors (Lipinski definition) is 1. The van der Waals surface area contributed by atoms with E-state index < -0.39 is 0 Å². The Morgan fingerprint density at radius 1 is 1.22 bits per heavy atom. The van der Waals surface area contributed by atoms with Gasteiger partial charge in [0.1, 0.15) is 0 Å². The predicted octanol–water partition coefficient (Wildman–Crippen LogP) is 1.03. The molecule has 0 atom stereocenters. The summed E-state index contributed by atoms with van der Waals surface area (Å²) >= 11 is 0. The fourth-order valence-electron chi connectivity index (χ4n) is 1.25. The summed E-state index contributed by atoms with van der Waals surface area (Å²) in [5, 5.41) is 4.13. The first-order chi connectivity index (χ1) is 8.58. The van der Waals surface area contributed by atoms with E-state index in [-0.39, 0.29) is 24.0 Å². The maximum absolute atomic E-state index is 5.50. The first kappa shape index (κ1) is 12.1. The van der Waals surface area contributed by atoms with Gasteiger partial charge in [-0.1, -0.05) is 0 Å². The molecule has 18 heavy (non-hydrogen) atoms. The van der Waals surface area contributed by atoms with Gasteiger partial charge in [0.05, 0.1) is 19.5 Å². The lowest BCUT2D eigenvalue weighted by molar-refractivity contribution is 0.360. The molecule has 0 saturated carbocycles. The minimum Gasteiger partial charge on any atom is -0.467 e. The lowest BCUT2D eigenvalue weighted by atomic mass is 10.4. The van der Waals surface area contributed by atoms with Crippen molar-refractivity contribution in [2.75, 3.05) is 12.8 Å². The van der Waals surface area contributed by atoms with Gasteiger partial charge in [0.25, 0.3) is 0 Å². The van der Waals surface area contributed by atoms with E-state index in [1.54, 1.807) is 17.1 Å². The molecule has 8 nitrogen and oxygen atoms in total. The van der Waals surface area contributed by atoms with Gasteiger partial charge in [-0.15, -0.1) is 4.98 Å². The fraction of sp³-hybridized carbons (Fsp3) is 0.400. The monoisotopic (exact) mass is 250 g/mol. The molecule has 0 fully saturated rings. The van der Waals surface area contributed by atoms with Crippen molar-refractivity contribution in [3.63, 3.8) is 0 Å². The second-order valence-electron chi connectivity index (χ2n) is 3.81. The Balaban J connectivity index is 2.19. The number of ether oxygens (including phenoxy) is 2. The van der Waals surface area contributed by atoms with Crippen molar-refractivity contribution in [1.82, 2.24) is 24.7 Å². The second-order valence-corrected chi connectivity index (χ2v) is 3.81. The number of methoxy groups -OCH3 is 1. The zero-order valence-corrected chi connectivity index (χ0v) is 10.4. The van der Waals surface area contributed by atoms with E-state index in [4.69, 9.17) is 15.2 Å². The smallest absolute Gasteiger partial charge is 0.330 e. The summed E-state index contributed by atoms with van der Waals surface area (Å²) in [6, 6.07) is 0.428. The molecule has 0 aromatic carbocycles. The third kappa shape index (κ3) is 2.65. The SMILES string of the molecule is COc1nc(N)nc(Oc2cnn(C(C)C)c2)n1. The van der Waals surface area contributed by atoms with E-state index in [2.05, 4.69) is 20.1 Å². The molecule has 0 aliphatic carbocycles. The van der Waals surface area contributed by atoms with Crippen molar-refractivity contribution in [3.8, 4) is 17.8 Å². The van der Waals surface area contributed by atoms with Gasteiger partial charge in [-0.2, -0.15) is 15.1 Å². The molecule has 2 heterocycles. The van der Waals surface area contributed by atoms with E-state index in [9.17, 15) is 0 Å². The van der Waals surface area contributed by atoms with Crippen molar-refractivity contribution >= 4 is 5.95 Å². The molecule has 2 aromatic heterocycles. The highest BCUT2D eigenvalue weighted by molar-refractivity contribution is 5.24. The Kier molecular flexibility index (Phi) is 3.26. The molecule has 0 saturated heterocycles. The Hall–Kier alpha value is -2.38. The van der Waals surface area contributed by atoms with E-state index in [1.165, 1.54) is 7.11 Å². The van der Waals surface area contributed by atoms with E-state index in [0.29, 0.717) is 5.75 Å². The number of aromatic nitrogens is 5. The van der Waals surface area contributed by atoms with Crippen molar-refractivity contribution in [2.45, 2.75) is 19.9 Å². The Morgan fingerprint density at radius 2 is 1.94 bits per heavy atom. The highest BCUT2D eigenvalue weighted by Crippen LogP contribution is 2.20. The number of nitrogen functional groups attached to an aromatic ring is 1. The molecule has 2 rings (SSSR count). The van der Waals surface area contributed by atoms with Crippen LogP contribution in [0.25, 0.3) is 0 Å². The molecular weight excluding hydrogens is 236 g/mol. The average molecular weight is 250 g/mol. The molecule has 0 bridgehead atoms. The van der Waals surface area contributed by atoms with Gasteiger partial charge >= 0.3 is 12.0 Å². The van der Waals surface area contributed by atoms with Gasteiger partial charge < -0.3 is 15.2 Å². The van der Waals surface area contributed by atoms with Gasteiger partial charge in [0, 0.05) is 6.04 Å². The molecular formula is C10H14N6O2. The minimum absolute atomic E-state index is 0.0353. The molecule has 0 aliphatic heterocycles. The molecule has 2 N–H and O–H groups in total.